The summed E-state index contributed by atoms with van der Waals surface area (Å²) < 4.78 is 2.38. The molecule has 0 bridgehead atoms. The Morgan fingerprint density at radius 3 is 1.54 bits per heavy atom. The van der Waals surface area contributed by atoms with Crippen molar-refractivity contribution < 1.29 is 0 Å². The van der Waals surface area contributed by atoms with Gasteiger partial charge in [-0.1, -0.05) is 145 Å². The zero-order chi connectivity index (χ0) is 38.1. The molecule has 2 aromatic heterocycles. The van der Waals surface area contributed by atoms with Crippen molar-refractivity contribution in [2.75, 3.05) is 4.90 Å². The van der Waals surface area contributed by atoms with Gasteiger partial charge in [0.15, 0.2) is 5.82 Å². The van der Waals surface area contributed by atoms with Crippen molar-refractivity contribution in [3.63, 3.8) is 0 Å². The Labute approximate surface area is 332 Å². The highest BCUT2D eigenvalue weighted by Crippen LogP contribution is 2.40. The van der Waals surface area contributed by atoms with Crippen LogP contribution in [0.4, 0.5) is 17.1 Å². The number of hydrogen-bond donors (Lipinski definition) is 0. The molecule has 270 valence electrons. The molecule has 2 heterocycles. The molecule has 0 fully saturated rings. The monoisotopic (exact) mass is 730 g/mol. The maximum atomic E-state index is 5.06. The van der Waals surface area contributed by atoms with Crippen molar-refractivity contribution in [2.24, 2.45) is 0 Å². The van der Waals surface area contributed by atoms with Gasteiger partial charge in [-0.15, -0.1) is 0 Å². The summed E-state index contributed by atoms with van der Waals surface area (Å²) >= 11 is 0. The number of aryl methyl sites for hydroxylation is 1. The van der Waals surface area contributed by atoms with Crippen LogP contribution in [-0.2, 0) is 0 Å². The van der Waals surface area contributed by atoms with Gasteiger partial charge in [-0.2, -0.15) is 0 Å². The summed E-state index contributed by atoms with van der Waals surface area (Å²) in [7, 11) is 0. The van der Waals surface area contributed by atoms with E-state index < -0.39 is 0 Å². The second-order valence-electron chi connectivity index (χ2n) is 14.4. The van der Waals surface area contributed by atoms with Crippen molar-refractivity contribution in [1.82, 2.24) is 14.5 Å². The lowest BCUT2D eigenvalue weighted by Gasteiger charge is -2.25. The number of aromatic nitrogens is 3. The summed E-state index contributed by atoms with van der Waals surface area (Å²) in [4.78, 5) is 12.4. The molecule has 0 amide bonds. The number of benzene rings is 8. The van der Waals surface area contributed by atoms with Crippen LogP contribution < -0.4 is 4.90 Å². The molecule has 10 aromatic rings. The minimum atomic E-state index is 0.723. The van der Waals surface area contributed by atoms with Gasteiger partial charge in [-0.3, -0.25) is 0 Å². The fourth-order valence-corrected chi connectivity index (χ4v) is 7.88. The Kier molecular flexibility index (Phi) is 8.69. The Bertz CT molecular complexity index is 2950. The third kappa shape index (κ3) is 6.53. The fraction of sp³-hybridized carbons (Fsp3) is 0.0189. The van der Waals surface area contributed by atoms with Gasteiger partial charge in [0, 0.05) is 50.2 Å². The average molecular weight is 731 g/mol. The van der Waals surface area contributed by atoms with E-state index in [1.54, 1.807) is 0 Å². The van der Waals surface area contributed by atoms with Crippen molar-refractivity contribution >= 4 is 38.9 Å². The summed E-state index contributed by atoms with van der Waals surface area (Å²) in [5.41, 5.74) is 15.2. The van der Waals surface area contributed by atoms with Gasteiger partial charge in [-0.25, -0.2) is 9.97 Å². The van der Waals surface area contributed by atoms with Crippen LogP contribution >= 0.6 is 0 Å². The molecule has 0 unspecified atom stereocenters. The molecule has 4 nitrogen and oxygen atoms in total. The number of nitrogens with zero attached hydrogens (tertiary/aromatic N) is 4. The SMILES string of the molecule is Cc1cccc(-c2nc(-c3ccccc3)cc(-c3ccc(-c4ccc(-n5c6ccccc6c6cc(N(c7ccccc7)c7ccccc7)ccc65)cc4)cc3)n2)c1. The second-order valence-corrected chi connectivity index (χ2v) is 14.4. The summed E-state index contributed by atoms with van der Waals surface area (Å²) in [6.07, 6.45) is 0. The predicted octanol–water partition coefficient (Wildman–Crippen LogP) is 14.0. The number of fused-ring (bicyclic) bond motifs is 3. The molecule has 0 radical (unpaired) electrons. The van der Waals surface area contributed by atoms with Gasteiger partial charge in [0.1, 0.15) is 0 Å². The lowest BCUT2D eigenvalue weighted by molar-refractivity contribution is 1.18. The van der Waals surface area contributed by atoms with E-state index in [2.05, 4.69) is 211 Å². The molecular weight excluding hydrogens is 693 g/mol. The molecule has 0 aliphatic rings. The third-order valence-electron chi connectivity index (χ3n) is 10.7. The van der Waals surface area contributed by atoms with Gasteiger partial charge in [0.05, 0.1) is 22.4 Å². The Balaban J connectivity index is 0.993. The maximum Gasteiger partial charge on any atom is 0.160 e. The molecule has 0 atom stereocenters. The molecule has 10 rings (SSSR count). The Hall–Kier alpha value is -7.56. The minimum Gasteiger partial charge on any atom is -0.310 e. The maximum absolute atomic E-state index is 5.06. The van der Waals surface area contributed by atoms with Crippen molar-refractivity contribution in [3.8, 4) is 50.7 Å². The van der Waals surface area contributed by atoms with E-state index >= 15 is 0 Å². The van der Waals surface area contributed by atoms with Crippen LogP contribution in [0.2, 0.25) is 0 Å². The van der Waals surface area contributed by atoms with Crippen LogP contribution in [-0.4, -0.2) is 14.5 Å². The average Bonchev–Trinajstić information content (AvgIpc) is 3.61. The van der Waals surface area contributed by atoms with E-state index in [9.17, 15) is 0 Å². The van der Waals surface area contributed by atoms with Crippen LogP contribution in [0.15, 0.2) is 212 Å². The quantitative estimate of drug-likeness (QED) is 0.156. The van der Waals surface area contributed by atoms with Gasteiger partial charge < -0.3 is 9.47 Å². The highest BCUT2D eigenvalue weighted by atomic mass is 15.1. The molecule has 0 spiro atoms. The number of para-hydroxylation sites is 3. The molecule has 0 saturated carbocycles. The first kappa shape index (κ1) is 34.0. The third-order valence-corrected chi connectivity index (χ3v) is 10.7. The molecular formula is C53H38N4. The molecule has 0 aliphatic heterocycles. The highest BCUT2D eigenvalue weighted by Gasteiger charge is 2.17. The highest BCUT2D eigenvalue weighted by molar-refractivity contribution is 6.10. The summed E-state index contributed by atoms with van der Waals surface area (Å²) in [6, 6.07) is 75.1. The molecule has 0 N–H and O–H groups in total. The number of anilines is 3. The van der Waals surface area contributed by atoms with Crippen molar-refractivity contribution in [3.05, 3.63) is 218 Å². The second kappa shape index (κ2) is 14.6. The molecule has 0 saturated heterocycles. The van der Waals surface area contributed by atoms with Crippen LogP contribution in [0.1, 0.15) is 5.56 Å². The van der Waals surface area contributed by atoms with E-state index in [4.69, 9.17) is 9.97 Å². The van der Waals surface area contributed by atoms with E-state index in [1.807, 2.05) is 18.2 Å². The Morgan fingerprint density at radius 2 is 0.895 bits per heavy atom. The van der Waals surface area contributed by atoms with Gasteiger partial charge in [0.25, 0.3) is 0 Å². The van der Waals surface area contributed by atoms with Crippen LogP contribution in [0.5, 0.6) is 0 Å². The zero-order valence-electron chi connectivity index (χ0n) is 31.5. The fourth-order valence-electron chi connectivity index (χ4n) is 7.88. The van der Waals surface area contributed by atoms with Crippen molar-refractivity contribution in [2.45, 2.75) is 6.92 Å². The molecule has 4 heteroatoms. The topological polar surface area (TPSA) is 34.0 Å². The van der Waals surface area contributed by atoms with Crippen LogP contribution in [0, 0.1) is 6.92 Å². The minimum absolute atomic E-state index is 0.723. The van der Waals surface area contributed by atoms with Gasteiger partial charge >= 0.3 is 0 Å². The molecule has 57 heavy (non-hydrogen) atoms. The molecule has 8 aromatic carbocycles. The Morgan fingerprint density at radius 1 is 0.368 bits per heavy atom. The van der Waals surface area contributed by atoms with Crippen molar-refractivity contribution in [1.29, 1.82) is 0 Å². The standard InChI is InChI=1S/C53H38N4/c1-37-14-13-17-42(34-37)53-54-49(40-15-5-2-6-16-40)36-50(55-53)41-26-24-38(25-27-41)39-28-30-45(31-29-39)57-51-23-12-11-22-47(51)48-35-46(32-33-52(48)57)56(43-18-7-3-8-19-43)44-20-9-4-10-21-44/h2-36H,1H3. The first-order valence-electron chi connectivity index (χ1n) is 19.3. The lowest BCUT2D eigenvalue weighted by Crippen LogP contribution is -2.09. The molecule has 0 aliphatic carbocycles. The van der Waals surface area contributed by atoms with Crippen LogP contribution in [0.3, 0.4) is 0 Å². The smallest absolute Gasteiger partial charge is 0.160 e. The van der Waals surface area contributed by atoms with Gasteiger partial charge in [-0.05, 0) is 90.8 Å². The number of rotatable bonds is 8. The largest absolute Gasteiger partial charge is 0.310 e. The zero-order valence-corrected chi connectivity index (χ0v) is 31.5. The van der Waals surface area contributed by atoms with E-state index in [1.165, 1.54) is 27.4 Å². The van der Waals surface area contributed by atoms with Gasteiger partial charge in [0.2, 0.25) is 0 Å². The number of hydrogen-bond acceptors (Lipinski definition) is 3. The first-order chi connectivity index (χ1) is 28.2. The van der Waals surface area contributed by atoms with E-state index in [-0.39, 0.29) is 0 Å². The summed E-state index contributed by atoms with van der Waals surface area (Å²) in [5, 5.41) is 2.44. The first-order valence-corrected chi connectivity index (χ1v) is 19.3. The van der Waals surface area contributed by atoms with Crippen LogP contribution in [0.25, 0.3) is 72.5 Å². The summed E-state index contributed by atoms with van der Waals surface area (Å²) in [6.45, 7) is 2.10. The van der Waals surface area contributed by atoms with E-state index in [0.29, 0.717) is 0 Å². The predicted molar refractivity (Wildman–Crippen MR) is 238 cm³/mol. The normalized spacial score (nSPS) is 11.2. The summed E-state index contributed by atoms with van der Waals surface area (Å²) in [5.74, 6) is 0.723. The lowest BCUT2D eigenvalue weighted by atomic mass is 10.0. The van der Waals surface area contributed by atoms with E-state index in [0.717, 1.165) is 67.8 Å².